The third kappa shape index (κ3) is 3.01. The number of aromatic nitrogens is 1. The number of halogens is 2. The second kappa shape index (κ2) is 6.10. The number of alkyl halides is 2. The molecule has 10 heteroatoms. The first-order valence-electron chi connectivity index (χ1n) is 7.82. The van der Waals surface area contributed by atoms with Gasteiger partial charge in [0.2, 0.25) is 0 Å². The van der Waals surface area contributed by atoms with Gasteiger partial charge in [0.25, 0.3) is 0 Å². The first-order valence-corrected chi connectivity index (χ1v) is 8.63. The third-order valence-electron chi connectivity index (χ3n) is 3.99. The minimum atomic E-state index is -3.71. The zero-order valence-electron chi connectivity index (χ0n) is 13.3. The molecule has 1 fully saturated rings. The standard InChI is InChI=1S/C16H12F2N4O3S/c17-16(18)24-12-4-3-10(7-13(12)25-16)22-9-11(8-19)26-15(22)20-14(23)21-5-1-2-6-21/h3-4,7,9H,1-2,5-6H2. The van der Waals surface area contributed by atoms with Crippen LogP contribution in [0, 0.1) is 11.3 Å². The van der Waals surface area contributed by atoms with E-state index in [9.17, 15) is 13.6 Å². The van der Waals surface area contributed by atoms with Crippen LogP contribution in [-0.2, 0) is 0 Å². The highest BCUT2D eigenvalue weighted by atomic mass is 32.1. The first kappa shape index (κ1) is 16.5. The number of likely N-dealkylation sites (tertiary alicyclic amines) is 1. The maximum atomic E-state index is 13.2. The van der Waals surface area contributed by atoms with E-state index in [1.807, 2.05) is 6.07 Å². The maximum absolute atomic E-state index is 13.2. The van der Waals surface area contributed by atoms with Gasteiger partial charge in [-0.2, -0.15) is 10.3 Å². The summed E-state index contributed by atoms with van der Waals surface area (Å²) < 4.78 is 36.7. The van der Waals surface area contributed by atoms with Crippen LogP contribution in [0.4, 0.5) is 13.6 Å². The van der Waals surface area contributed by atoms with E-state index in [2.05, 4.69) is 14.5 Å². The van der Waals surface area contributed by atoms with Crippen LogP contribution in [0.15, 0.2) is 29.4 Å². The molecular weight excluding hydrogens is 366 g/mol. The normalized spacial score (nSPS) is 18.2. The molecule has 1 aromatic heterocycles. The smallest absolute Gasteiger partial charge is 0.395 e. The van der Waals surface area contributed by atoms with Crippen molar-refractivity contribution in [3.63, 3.8) is 0 Å². The number of urea groups is 1. The molecular formula is C16H12F2N4O3S. The maximum Gasteiger partial charge on any atom is 0.586 e. The summed E-state index contributed by atoms with van der Waals surface area (Å²) in [6.45, 7) is 1.30. The number of nitriles is 1. The highest BCUT2D eigenvalue weighted by Crippen LogP contribution is 2.41. The van der Waals surface area contributed by atoms with Crippen molar-refractivity contribution in [2.45, 2.75) is 19.1 Å². The van der Waals surface area contributed by atoms with Gasteiger partial charge >= 0.3 is 12.3 Å². The molecule has 0 atom stereocenters. The van der Waals surface area contributed by atoms with Gasteiger partial charge in [-0.1, -0.05) is 11.3 Å². The molecule has 0 saturated carbocycles. The number of fused-ring (bicyclic) bond motifs is 1. The fourth-order valence-corrected chi connectivity index (χ4v) is 3.59. The van der Waals surface area contributed by atoms with Crippen molar-refractivity contribution in [2.24, 2.45) is 4.99 Å². The Morgan fingerprint density at radius 3 is 2.73 bits per heavy atom. The number of hydrogen-bond acceptors (Lipinski definition) is 5. The highest BCUT2D eigenvalue weighted by molar-refractivity contribution is 7.09. The summed E-state index contributed by atoms with van der Waals surface area (Å²) in [5.74, 6) is -0.205. The summed E-state index contributed by atoms with van der Waals surface area (Å²) in [5.41, 5.74) is 0.427. The number of nitrogens with zero attached hydrogens (tertiary/aromatic N) is 4. The summed E-state index contributed by atoms with van der Waals surface area (Å²) in [4.78, 5) is 18.7. The van der Waals surface area contributed by atoms with Gasteiger partial charge in [-0.15, -0.1) is 8.78 Å². The lowest BCUT2D eigenvalue weighted by atomic mass is 10.3. The average Bonchev–Trinajstić information content (AvgIpc) is 3.30. The van der Waals surface area contributed by atoms with Crippen molar-refractivity contribution in [1.29, 1.82) is 5.26 Å². The Morgan fingerprint density at radius 1 is 1.27 bits per heavy atom. The van der Waals surface area contributed by atoms with Crippen molar-refractivity contribution in [3.05, 3.63) is 34.1 Å². The Hall–Kier alpha value is -2.93. The summed E-state index contributed by atoms with van der Waals surface area (Å²) in [6.07, 6.45) is -0.343. The van der Waals surface area contributed by atoms with E-state index >= 15 is 0 Å². The molecule has 0 bridgehead atoms. The second-order valence-electron chi connectivity index (χ2n) is 5.75. The molecule has 2 aliphatic heterocycles. The molecule has 0 radical (unpaired) electrons. The summed E-state index contributed by atoms with van der Waals surface area (Å²) in [5, 5.41) is 9.16. The van der Waals surface area contributed by atoms with Gasteiger partial charge in [-0.05, 0) is 25.0 Å². The minimum absolute atomic E-state index is 0.0817. The van der Waals surface area contributed by atoms with Gasteiger partial charge in [-0.3, -0.25) is 4.57 Å². The first-order chi connectivity index (χ1) is 12.4. The number of thiazole rings is 1. The Bertz CT molecular complexity index is 986. The molecule has 3 heterocycles. The molecule has 7 nitrogen and oxygen atoms in total. The molecule has 0 aliphatic carbocycles. The molecule has 1 aromatic carbocycles. The number of amides is 2. The predicted molar refractivity (Wildman–Crippen MR) is 86.3 cm³/mol. The fourth-order valence-electron chi connectivity index (χ4n) is 2.81. The summed E-state index contributed by atoms with van der Waals surface area (Å²) in [7, 11) is 0. The largest absolute Gasteiger partial charge is 0.586 e. The van der Waals surface area contributed by atoms with Gasteiger partial charge in [0.15, 0.2) is 16.3 Å². The van der Waals surface area contributed by atoms with Crippen LogP contribution in [0.25, 0.3) is 5.69 Å². The monoisotopic (exact) mass is 378 g/mol. The molecule has 4 rings (SSSR count). The zero-order valence-corrected chi connectivity index (χ0v) is 14.1. The SMILES string of the molecule is N#Cc1cn(-c2ccc3c(c2)OC(F)(F)O3)c(=NC(=O)N2CCCC2)s1. The number of benzene rings is 1. The number of ether oxygens (including phenoxy) is 2. The van der Waals surface area contributed by atoms with Crippen molar-refractivity contribution in [2.75, 3.05) is 13.1 Å². The molecule has 2 aromatic rings. The van der Waals surface area contributed by atoms with E-state index in [4.69, 9.17) is 5.26 Å². The van der Waals surface area contributed by atoms with Gasteiger partial charge in [0, 0.05) is 25.4 Å². The van der Waals surface area contributed by atoms with Gasteiger partial charge in [-0.25, -0.2) is 4.79 Å². The Kier molecular flexibility index (Phi) is 3.88. The van der Waals surface area contributed by atoms with Crippen LogP contribution in [0.3, 0.4) is 0 Å². The molecule has 134 valence electrons. The summed E-state index contributed by atoms with van der Waals surface area (Å²) in [6, 6.07) is 5.84. The van der Waals surface area contributed by atoms with Gasteiger partial charge < -0.3 is 14.4 Å². The number of carbonyl (C=O) groups is 1. The van der Waals surface area contributed by atoms with Crippen LogP contribution in [0.1, 0.15) is 17.7 Å². The molecule has 2 aliphatic rings. The lowest BCUT2D eigenvalue weighted by molar-refractivity contribution is -0.286. The quantitative estimate of drug-likeness (QED) is 0.764. The van der Waals surface area contributed by atoms with Crippen molar-refractivity contribution in [1.82, 2.24) is 9.47 Å². The topological polar surface area (TPSA) is 79.9 Å². The van der Waals surface area contributed by atoms with E-state index in [1.54, 1.807) is 4.90 Å². The van der Waals surface area contributed by atoms with Gasteiger partial charge in [0.1, 0.15) is 10.9 Å². The van der Waals surface area contributed by atoms with E-state index in [1.165, 1.54) is 29.0 Å². The fraction of sp³-hybridized carbons (Fsp3) is 0.312. The zero-order chi connectivity index (χ0) is 18.3. The van der Waals surface area contributed by atoms with Crippen LogP contribution < -0.4 is 14.3 Å². The van der Waals surface area contributed by atoms with Crippen LogP contribution >= 0.6 is 11.3 Å². The highest BCUT2D eigenvalue weighted by Gasteiger charge is 2.43. The predicted octanol–water partition coefficient (Wildman–Crippen LogP) is 2.85. The molecule has 2 amide bonds. The van der Waals surface area contributed by atoms with E-state index < -0.39 is 6.29 Å². The van der Waals surface area contributed by atoms with E-state index in [-0.39, 0.29) is 22.3 Å². The number of rotatable bonds is 1. The Labute approximate surface area is 150 Å². The van der Waals surface area contributed by atoms with Crippen LogP contribution in [0.5, 0.6) is 11.5 Å². The van der Waals surface area contributed by atoms with E-state index in [0.717, 1.165) is 24.2 Å². The van der Waals surface area contributed by atoms with Crippen LogP contribution in [0.2, 0.25) is 0 Å². The van der Waals surface area contributed by atoms with Crippen molar-refractivity contribution >= 4 is 17.4 Å². The lowest BCUT2D eigenvalue weighted by Crippen LogP contribution is -2.27. The number of carbonyl (C=O) groups excluding carboxylic acids is 1. The number of hydrogen-bond donors (Lipinski definition) is 0. The molecule has 0 N–H and O–H groups in total. The Balaban J connectivity index is 1.75. The second-order valence-corrected chi connectivity index (χ2v) is 6.76. The van der Waals surface area contributed by atoms with Crippen molar-refractivity contribution < 1.29 is 23.0 Å². The van der Waals surface area contributed by atoms with Crippen LogP contribution in [-0.4, -0.2) is 34.9 Å². The molecule has 26 heavy (non-hydrogen) atoms. The van der Waals surface area contributed by atoms with E-state index in [0.29, 0.717) is 23.7 Å². The molecule has 1 saturated heterocycles. The lowest BCUT2D eigenvalue weighted by Gasteiger charge is -2.10. The average molecular weight is 378 g/mol. The minimum Gasteiger partial charge on any atom is -0.395 e. The van der Waals surface area contributed by atoms with Gasteiger partial charge in [0.05, 0.1) is 5.69 Å². The van der Waals surface area contributed by atoms with Crippen molar-refractivity contribution in [3.8, 4) is 23.3 Å². The summed E-state index contributed by atoms with van der Waals surface area (Å²) >= 11 is 1.04. The third-order valence-corrected chi connectivity index (χ3v) is 4.88. The molecule has 0 spiro atoms. The molecule has 0 unspecified atom stereocenters. The Morgan fingerprint density at radius 2 is 2.00 bits per heavy atom.